The molecule has 0 radical (unpaired) electrons. The van der Waals surface area contributed by atoms with Gasteiger partial charge in [0.1, 0.15) is 0 Å². The van der Waals surface area contributed by atoms with Crippen LogP contribution in [-0.2, 0) is 9.53 Å². The van der Waals surface area contributed by atoms with E-state index in [1.54, 1.807) is 13.8 Å². The Kier molecular flexibility index (Phi) is 11.9. The van der Waals surface area contributed by atoms with Gasteiger partial charge in [0.15, 0.2) is 0 Å². The molecule has 0 unspecified atom stereocenters. The molecule has 0 atom stereocenters. The molecular weight excluding hydrogens is 388 g/mol. The van der Waals surface area contributed by atoms with E-state index < -0.39 is 11.3 Å². The van der Waals surface area contributed by atoms with Gasteiger partial charge in [-0.2, -0.15) is 0 Å². The lowest BCUT2D eigenvalue weighted by Gasteiger charge is -2.38. The van der Waals surface area contributed by atoms with Gasteiger partial charge < -0.3 is 14.9 Å². The number of carbonyl (C=O) groups excluding carboxylic acids is 1. The Morgan fingerprint density at radius 2 is 1.32 bits per heavy atom. The molecule has 4 heteroatoms. The summed E-state index contributed by atoms with van der Waals surface area (Å²) in [5.41, 5.74) is -0.851. The molecule has 0 amide bonds. The Morgan fingerprint density at radius 3 is 1.77 bits per heavy atom. The third kappa shape index (κ3) is 8.35. The van der Waals surface area contributed by atoms with Crippen LogP contribution in [-0.4, -0.2) is 36.0 Å². The van der Waals surface area contributed by atoms with Crippen molar-refractivity contribution in [1.82, 2.24) is 0 Å². The van der Waals surface area contributed by atoms with Crippen LogP contribution in [0.25, 0.3) is 0 Å². The third-order valence-electron chi connectivity index (χ3n) is 8.64. The van der Waals surface area contributed by atoms with Crippen LogP contribution in [0.3, 0.4) is 0 Å². The quantitative estimate of drug-likeness (QED) is 0.268. The van der Waals surface area contributed by atoms with Crippen LogP contribution in [0.4, 0.5) is 0 Å². The molecule has 182 valence electrons. The summed E-state index contributed by atoms with van der Waals surface area (Å²) in [4.78, 5) is 12.3. The van der Waals surface area contributed by atoms with Gasteiger partial charge >= 0.3 is 5.97 Å². The summed E-state index contributed by atoms with van der Waals surface area (Å²) in [6.07, 6.45) is 19.1. The van der Waals surface area contributed by atoms with Crippen molar-refractivity contribution >= 4 is 5.97 Å². The highest BCUT2D eigenvalue weighted by Crippen LogP contribution is 2.43. The first-order valence-electron chi connectivity index (χ1n) is 13.3. The van der Waals surface area contributed by atoms with Crippen LogP contribution >= 0.6 is 0 Å². The van der Waals surface area contributed by atoms with Gasteiger partial charge in [-0.3, -0.25) is 4.79 Å². The molecule has 0 aliphatic heterocycles. The summed E-state index contributed by atoms with van der Waals surface area (Å²) in [5, 5.41) is 18.7. The smallest absolute Gasteiger partial charge is 0.311 e. The molecule has 2 saturated carbocycles. The molecule has 0 bridgehead atoms. The number of rotatable bonds is 13. The molecule has 0 aromatic rings. The van der Waals surface area contributed by atoms with Crippen LogP contribution in [0.2, 0.25) is 0 Å². The second-order valence-electron chi connectivity index (χ2n) is 11.1. The minimum absolute atomic E-state index is 0.206. The fourth-order valence-corrected chi connectivity index (χ4v) is 5.98. The second-order valence-corrected chi connectivity index (χ2v) is 11.1. The lowest BCUT2D eigenvalue weighted by atomic mass is 9.68. The monoisotopic (exact) mass is 438 g/mol. The minimum Gasteiger partial charge on any atom is -0.465 e. The Hall–Kier alpha value is -0.610. The van der Waals surface area contributed by atoms with Gasteiger partial charge in [-0.25, -0.2) is 0 Å². The van der Waals surface area contributed by atoms with E-state index in [-0.39, 0.29) is 19.2 Å². The molecule has 2 N–H and O–H groups in total. The van der Waals surface area contributed by atoms with Crippen molar-refractivity contribution in [2.45, 2.75) is 111 Å². The summed E-state index contributed by atoms with van der Waals surface area (Å²) >= 11 is 0. The van der Waals surface area contributed by atoms with Gasteiger partial charge in [-0.1, -0.05) is 58.3 Å². The van der Waals surface area contributed by atoms with E-state index in [1.807, 2.05) is 0 Å². The van der Waals surface area contributed by atoms with Crippen LogP contribution in [0, 0.1) is 35.0 Å². The number of ether oxygens (including phenoxy) is 1. The Bertz CT molecular complexity index is 483. The molecule has 2 rings (SSSR count). The highest BCUT2D eigenvalue weighted by Gasteiger charge is 2.37. The lowest BCUT2D eigenvalue weighted by Crippen LogP contribution is -2.38. The molecule has 2 aliphatic carbocycles. The Morgan fingerprint density at radius 1 is 0.839 bits per heavy atom. The Labute approximate surface area is 191 Å². The molecule has 0 saturated heterocycles. The van der Waals surface area contributed by atoms with E-state index in [2.05, 4.69) is 6.92 Å². The summed E-state index contributed by atoms with van der Waals surface area (Å²) in [6, 6.07) is 0. The lowest BCUT2D eigenvalue weighted by molar-refractivity contribution is -0.159. The van der Waals surface area contributed by atoms with E-state index in [0.717, 1.165) is 36.5 Å². The standard InChI is InChI=1S/C27H50O4/c1-4-5-6-8-21-10-14-23(15-11-21)24-16-12-22(13-17-24)9-7-18-31-26(30)27(2,3)25(19-28)20-29/h21-25,28-29H,4-20H2,1-3H3. The number of hydrogen-bond donors (Lipinski definition) is 2. The van der Waals surface area contributed by atoms with Gasteiger partial charge in [0, 0.05) is 19.1 Å². The number of aliphatic hydroxyl groups is 2. The van der Waals surface area contributed by atoms with Gasteiger partial charge in [0.25, 0.3) is 0 Å². The zero-order valence-electron chi connectivity index (χ0n) is 20.6. The van der Waals surface area contributed by atoms with Gasteiger partial charge in [0.2, 0.25) is 0 Å². The first kappa shape index (κ1) is 26.6. The van der Waals surface area contributed by atoms with Crippen molar-refractivity contribution in [2.24, 2.45) is 35.0 Å². The van der Waals surface area contributed by atoms with E-state index in [1.165, 1.54) is 77.0 Å². The molecule has 4 nitrogen and oxygen atoms in total. The SMILES string of the molecule is CCCCCC1CCC(C2CCC(CCCOC(=O)C(C)(C)C(CO)CO)CC2)CC1. The van der Waals surface area contributed by atoms with Crippen molar-refractivity contribution in [1.29, 1.82) is 0 Å². The van der Waals surface area contributed by atoms with E-state index in [0.29, 0.717) is 6.61 Å². The van der Waals surface area contributed by atoms with Gasteiger partial charge in [-0.05, 0) is 76.0 Å². The number of hydrogen-bond acceptors (Lipinski definition) is 4. The van der Waals surface area contributed by atoms with E-state index >= 15 is 0 Å². The predicted molar refractivity (Wildman–Crippen MR) is 127 cm³/mol. The number of aliphatic hydroxyl groups excluding tert-OH is 2. The van der Waals surface area contributed by atoms with Gasteiger partial charge in [-0.15, -0.1) is 0 Å². The summed E-state index contributed by atoms with van der Waals surface area (Å²) in [5.74, 6) is 2.96. The second kappa shape index (κ2) is 13.8. The summed E-state index contributed by atoms with van der Waals surface area (Å²) in [7, 11) is 0. The normalized spacial score (nSPS) is 27.4. The highest BCUT2D eigenvalue weighted by atomic mass is 16.5. The maximum atomic E-state index is 12.3. The van der Waals surface area contributed by atoms with Crippen LogP contribution in [0.15, 0.2) is 0 Å². The average Bonchev–Trinajstić information content (AvgIpc) is 2.78. The molecular formula is C27H50O4. The molecule has 2 aliphatic rings. The predicted octanol–water partition coefficient (Wildman–Crippen LogP) is 6.13. The van der Waals surface area contributed by atoms with Crippen molar-refractivity contribution in [3.05, 3.63) is 0 Å². The zero-order valence-corrected chi connectivity index (χ0v) is 20.6. The fourth-order valence-electron chi connectivity index (χ4n) is 5.98. The van der Waals surface area contributed by atoms with Crippen molar-refractivity contribution in [2.75, 3.05) is 19.8 Å². The van der Waals surface area contributed by atoms with Crippen molar-refractivity contribution in [3.63, 3.8) is 0 Å². The van der Waals surface area contributed by atoms with Crippen LogP contribution in [0.5, 0.6) is 0 Å². The maximum Gasteiger partial charge on any atom is 0.311 e. The number of esters is 1. The average molecular weight is 439 g/mol. The maximum absolute atomic E-state index is 12.3. The first-order valence-corrected chi connectivity index (χ1v) is 13.3. The van der Waals surface area contributed by atoms with E-state index in [4.69, 9.17) is 4.74 Å². The first-order chi connectivity index (χ1) is 14.9. The third-order valence-corrected chi connectivity index (χ3v) is 8.64. The minimum atomic E-state index is -0.851. The molecule has 0 heterocycles. The molecule has 0 aromatic carbocycles. The van der Waals surface area contributed by atoms with Crippen molar-refractivity contribution in [3.8, 4) is 0 Å². The molecule has 0 spiro atoms. The number of unbranched alkanes of at least 4 members (excludes halogenated alkanes) is 2. The molecule has 0 aromatic heterocycles. The molecule has 31 heavy (non-hydrogen) atoms. The van der Waals surface area contributed by atoms with E-state index in [9.17, 15) is 15.0 Å². The fraction of sp³-hybridized carbons (Fsp3) is 0.963. The summed E-state index contributed by atoms with van der Waals surface area (Å²) < 4.78 is 5.48. The number of carbonyl (C=O) groups is 1. The molecule has 2 fully saturated rings. The van der Waals surface area contributed by atoms with Crippen molar-refractivity contribution < 1.29 is 19.7 Å². The van der Waals surface area contributed by atoms with Gasteiger partial charge in [0.05, 0.1) is 12.0 Å². The zero-order chi connectivity index (χ0) is 22.7. The Balaban J connectivity index is 1.58. The summed E-state index contributed by atoms with van der Waals surface area (Å²) in [6.45, 7) is 5.82. The largest absolute Gasteiger partial charge is 0.465 e. The topological polar surface area (TPSA) is 66.8 Å². The van der Waals surface area contributed by atoms with Crippen LogP contribution < -0.4 is 0 Å². The highest BCUT2D eigenvalue weighted by molar-refractivity contribution is 5.76. The van der Waals surface area contributed by atoms with Crippen LogP contribution in [0.1, 0.15) is 111 Å².